The molecule has 1 fully saturated rings. The summed E-state index contributed by atoms with van der Waals surface area (Å²) >= 11 is 0. The van der Waals surface area contributed by atoms with Crippen molar-refractivity contribution < 1.29 is 4.74 Å². The molecule has 0 radical (unpaired) electrons. The second kappa shape index (κ2) is 7.47. The molecule has 1 saturated carbocycles. The van der Waals surface area contributed by atoms with E-state index in [0.29, 0.717) is 17.7 Å². The Morgan fingerprint density at radius 1 is 1.28 bits per heavy atom. The maximum atomic E-state index is 6.08. The van der Waals surface area contributed by atoms with Crippen molar-refractivity contribution in [2.45, 2.75) is 25.0 Å². The smallest absolute Gasteiger partial charge is 0.241 e. The summed E-state index contributed by atoms with van der Waals surface area (Å²) in [5.74, 6) is 1.01. The summed E-state index contributed by atoms with van der Waals surface area (Å²) in [6.07, 6.45) is 7.64. The summed E-state index contributed by atoms with van der Waals surface area (Å²) in [5.41, 5.74) is 8.28. The lowest BCUT2D eigenvalue weighted by Gasteiger charge is -2.34. The fraction of sp³-hybridized carbons (Fsp3) is 0.400. The van der Waals surface area contributed by atoms with Crippen molar-refractivity contribution in [3.05, 3.63) is 24.7 Å². The van der Waals surface area contributed by atoms with Crippen molar-refractivity contribution in [3.63, 3.8) is 0 Å². The van der Waals surface area contributed by atoms with Gasteiger partial charge in [0.15, 0.2) is 0 Å². The Hall–Kier alpha value is -2.03. The van der Waals surface area contributed by atoms with E-state index in [-0.39, 0.29) is 30.9 Å². The fourth-order valence-electron chi connectivity index (χ4n) is 2.82. The Morgan fingerprint density at radius 3 is 2.68 bits per heavy atom. The highest BCUT2D eigenvalue weighted by Gasteiger charge is 2.30. The van der Waals surface area contributed by atoms with Gasteiger partial charge >= 0.3 is 0 Å². The van der Waals surface area contributed by atoms with Gasteiger partial charge < -0.3 is 15.8 Å². The number of nitrogen functional groups attached to an aromatic ring is 1. The maximum Gasteiger partial charge on any atom is 0.241 e. The molecule has 25 heavy (non-hydrogen) atoms. The van der Waals surface area contributed by atoms with Gasteiger partial charge in [-0.1, -0.05) is 0 Å². The molecule has 0 spiro atoms. The quantitative estimate of drug-likeness (QED) is 0.709. The third-order valence-electron chi connectivity index (χ3n) is 4.22. The van der Waals surface area contributed by atoms with Crippen LogP contribution in [0, 0.1) is 0 Å². The predicted molar refractivity (Wildman–Crippen MR) is 101 cm³/mol. The molecule has 4 rings (SSSR count). The standard InChI is InChI=1S/C15H19N7O.2ClH/c1-17-10-3-11(4-10)23-15-13-5-14(16)20-22(13)8-12(19-15)9-6-18-21(2)7-9;;/h5-8,10-11,17H,3-4H2,1-2H3,(H2,16,20);2*1H. The third kappa shape index (κ3) is 3.65. The van der Waals surface area contributed by atoms with Crippen LogP contribution in [0.2, 0.25) is 0 Å². The minimum absolute atomic E-state index is 0. The summed E-state index contributed by atoms with van der Waals surface area (Å²) < 4.78 is 9.54. The second-order valence-corrected chi connectivity index (χ2v) is 5.93. The van der Waals surface area contributed by atoms with Crippen LogP contribution in [0.15, 0.2) is 24.7 Å². The molecule has 0 unspecified atom stereocenters. The number of hydrogen-bond acceptors (Lipinski definition) is 6. The van der Waals surface area contributed by atoms with Crippen LogP contribution in [0.4, 0.5) is 5.82 Å². The van der Waals surface area contributed by atoms with Crippen LogP contribution in [0.5, 0.6) is 5.88 Å². The molecule has 0 saturated heterocycles. The van der Waals surface area contributed by atoms with Crippen molar-refractivity contribution in [1.29, 1.82) is 0 Å². The van der Waals surface area contributed by atoms with Crippen LogP contribution < -0.4 is 15.8 Å². The minimum Gasteiger partial charge on any atom is -0.473 e. The van der Waals surface area contributed by atoms with Crippen molar-refractivity contribution >= 4 is 36.1 Å². The molecular formula is C15H21Cl2N7O. The molecule has 3 aromatic heterocycles. The van der Waals surface area contributed by atoms with Crippen LogP contribution in [0.25, 0.3) is 16.8 Å². The number of ether oxygens (including phenoxy) is 1. The minimum atomic E-state index is 0. The Balaban J connectivity index is 0.00000113. The second-order valence-electron chi connectivity index (χ2n) is 5.93. The molecule has 3 N–H and O–H groups in total. The summed E-state index contributed by atoms with van der Waals surface area (Å²) in [4.78, 5) is 4.66. The van der Waals surface area contributed by atoms with Gasteiger partial charge in [-0.15, -0.1) is 24.8 Å². The van der Waals surface area contributed by atoms with Crippen molar-refractivity contribution in [2.75, 3.05) is 12.8 Å². The molecule has 0 aliphatic heterocycles. The first-order chi connectivity index (χ1) is 11.1. The largest absolute Gasteiger partial charge is 0.473 e. The van der Waals surface area contributed by atoms with Crippen molar-refractivity contribution in [3.8, 4) is 17.1 Å². The van der Waals surface area contributed by atoms with Gasteiger partial charge in [-0.3, -0.25) is 4.68 Å². The van der Waals surface area contributed by atoms with Gasteiger partial charge in [0.05, 0.1) is 18.1 Å². The Kier molecular flexibility index (Phi) is 5.76. The molecule has 0 atom stereocenters. The number of aryl methyl sites for hydroxylation is 1. The lowest BCUT2D eigenvalue weighted by Crippen LogP contribution is -2.45. The third-order valence-corrected chi connectivity index (χ3v) is 4.22. The molecule has 0 aromatic carbocycles. The number of nitrogens with zero attached hydrogens (tertiary/aromatic N) is 5. The summed E-state index contributed by atoms with van der Waals surface area (Å²) in [6, 6.07) is 2.30. The van der Waals surface area contributed by atoms with Gasteiger partial charge in [0, 0.05) is 30.9 Å². The fourth-order valence-corrected chi connectivity index (χ4v) is 2.82. The Labute approximate surface area is 157 Å². The van der Waals surface area contributed by atoms with Crippen LogP contribution in [-0.2, 0) is 7.05 Å². The van der Waals surface area contributed by atoms with Gasteiger partial charge in [-0.05, 0) is 19.9 Å². The highest BCUT2D eigenvalue weighted by Crippen LogP contribution is 2.30. The van der Waals surface area contributed by atoms with Crippen LogP contribution in [0.3, 0.4) is 0 Å². The molecule has 3 heterocycles. The zero-order chi connectivity index (χ0) is 16.0. The summed E-state index contributed by atoms with van der Waals surface area (Å²) in [5, 5.41) is 11.7. The lowest BCUT2D eigenvalue weighted by molar-refractivity contribution is 0.0852. The van der Waals surface area contributed by atoms with Gasteiger partial charge in [0.1, 0.15) is 17.4 Å². The van der Waals surface area contributed by atoms with Crippen LogP contribution in [0.1, 0.15) is 12.8 Å². The maximum absolute atomic E-state index is 6.08. The highest BCUT2D eigenvalue weighted by molar-refractivity contribution is 5.85. The molecule has 0 bridgehead atoms. The van der Waals surface area contributed by atoms with E-state index >= 15 is 0 Å². The molecule has 0 amide bonds. The first kappa shape index (κ1) is 19.3. The SMILES string of the molecule is CNC1CC(Oc2nc(-c3cnn(C)c3)cn3nc(N)cc23)C1.Cl.Cl. The van der Waals surface area contributed by atoms with E-state index in [1.165, 1.54) is 0 Å². The Bertz CT molecular complexity index is 857. The van der Waals surface area contributed by atoms with Gasteiger partial charge in [0.2, 0.25) is 5.88 Å². The molecule has 136 valence electrons. The number of rotatable bonds is 4. The number of aromatic nitrogens is 5. The van der Waals surface area contributed by atoms with Gasteiger partial charge in [0.25, 0.3) is 0 Å². The van der Waals surface area contributed by atoms with Crippen molar-refractivity contribution in [2.24, 2.45) is 7.05 Å². The number of hydrogen-bond donors (Lipinski definition) is 2. The van der Waals surface area contributed by atoms with E-state index in [4.69, 9.17) is 10.5 Å². The number of fused-ring (bicyclic) bond motifs is 1. The molecule has 3 aromatic rings. The summed E-state index contributed by atoms with van der Waals surface area (Å²) in [6.45, 7) is 0. The van der Waals surface area contributed by atoms with E-state index in [1.54, 1.807) is 21.5 Å². The highest BCUT2D eigenvalue weighted by atomic mass is 35.5. The van der Waals surface area contributed by atoms with Gasteiger partial charge in [-0.2, -0.15) is 10.2 Å². The molecule has 1 aliphatic rings. The monoisotopic (exact) mass is 385 g/mol. The van der Waals surface area contributed by atoms with E-state index in [9.17, 15) is 0 Å². The molecule has 8 nitrogen and oxygen atoms in total. The van der Waals surface area contributed by atoms with E-state index in [0.717, 1.165) is 29.6 Å². The van der Waals surface area contributed by atoms with E-state index < -0.39 is 0 Å². The van der Waals surface area contributed by atoms with Crippen molar-refractivity contribution in [1.82, 2.24) is 29.7 Å². The topological polar surface area (TPSA) is 95.3 Å². The average molecular weight is 386 g/mol. The van der Waals surface area contributed by atoms with E-state index in [1.807, 2.05) is 26.5 Å². The van der Waals surface area contributed by atoms with Crippen LogP contribution >= 0.6 is 24.8 Å². The number of anilines is 1. The normalized spacial score (nSPS) is 19.0. The molecular weight excluding hydrogens is 365 g/mol. The average Bonchev–Trinajstić information content (AvgIpc) is 3.06. The van der Waals surface area contributed by atoms with E-state index in [2.05, 4.69) is 20.5 Å². The summed E-state index contributed by atoms with van der Waals surface area (Å²) in [7, 11) is 3.84. The zero-order valence-electron chi connectivity index (χ0n) is 13.9. The molecule has 10 heteroatoms. The first-order valence-electron chi connectivity index (χ1n) is 7.61. The first-order valence-corrected chi connectivity index (χ1v) is 7.61. The number of nitrogens with one attached hydrogen (secondary N) is 1. The predicted octanol–water partition coefficient (Wildman–Crippen LogP) is 1.68. The number of halogens is 2. The Morgan fingerprint density at radius 2 is 2.04 bits per heavy atom. The van der Waals surface area contributed by atoms with Crippen LogP contribution in [-0.4, -0.2) is 43.6 Å². The number of nitrogens with two attached hydrogens (primary N) is 1. The van der Waals surface area contributed by atoms with Gasteiger partial charge in [-0.25, -0.2) is 9.50 Å². The zero-order valence-corrected chi connectivity index (χ0v) is 15.5. The lowest BCUT2D eigenvalue weighted by atomic mass is 9.89. The molecule has 1 aliphatic carbocycles.